The lowest BCUT2D eigenvalue weighted by atomic mass is 9.89. The fraction of sp³-hybridized carbons (Fsp3) is 0.357. The normalized spacial score (nSPS) is 17.1. The highest BCUT2D eigenvalue weighted by molar-refractivity contribution is 7.61. The molecule has 1 aliphatic rings. The molecule has 0 radical (unpaired) electrons. The number of β-amino-alcohol motifs (C(OH)–C–C–N with tert-alkyl or cyclic N) is 1. The van der Waals surface area contributed by atoms with Gasteiger partial charge in [0.25, 0.3) is 0 Å². The number of phenolic OH excluding ortho intramolecular Hbond substituents is 1. The average Bonchev–Trinajstić information content (AvgIpc) is 3.37. The van der Waals surface area contributed by atoms with Crippen molar-refractivity contribution >= 4 is 12.9 Å². The minimum absolute atomic E-state index is 0.0930. The Morgan fingerprint density at radius 1 is 0.892 bits per heavy atom. The van der Waals surface area contributed by atoms with Crippen LogP contribution in [0.2, 0.25) is 0 Å². The van der Waals surface area contributed by atoms with Gasteiger partial charge in [0.05, 0.1) is 5.30 Å². The lowest BCUT2D eigenvalue weighted by Gasteiger charge is -2.32. The summed E-state index contributed by atoms with van der Waals surface area (Å²) in [5.74, 6) is 1.32. The highest BCUT2D eigenvalue weighted by Crippen LogP contribution is 2.40. The molecule has 0 bridgehead atoms. The van der Waals surface area contributed by atoms with Crippen LogP contribution in [0.15, 0.2) is 78.9 Å². The smallest absolute Gasteiger partial charge is 0.361 e. The molecule has 37 heavy (non-hydrogen) atoms. The number of hydrogen-bond acceptors (Lipinski definition) is 7. The molecular formula is C28H34NO7P. The number of aromatic hydroxyl groups is 1. The summed E-state index contributed by atoms with van der Waals surface area (Å²) in [6.45, 7) is 0.240. The van der Waals surface area contributed by atoms with Crippen molar-refractivity contribution in [3.05, 3.63) is 84.4 Å². The lowest BCUT2D eigenvalue weighted by Crippen LogP contribution is -2.48. The predicted molar refractivity (Wildman–Crippen MR) is 141 cm³/mol. The molecule has 1 fully saturated rings. The monoisotopic (exact) mass is 527 g/mol. The largest absolute Gasteiger partial charge is 0.508 e. The maximum absolute atomic E-state index is 12.3. The summed E-state index contributed by atoms with van der Waals surface area (Å²) < 4.78 is 28.6. The van der Waals surface area contributed by atoms with Crippen LogP contribution < -0.4 is 20.1 Å². The van der Waals surface area contributed by atoms with E-state index in [1.807, 2.05) is 24.3 Å². The summed E-state index contributed by atoms with van der Waals surface area (Å²) in [5, 5.41) is 23.6. The third kappa shape index (κ3) is 8.06. The minimum Gasteiger partial charge on any atom is -0.508 e. The molecule has 3 aromatic carbocycles. The zero-order valence-corrected chi connectivity index (χ0v) is 21.6. The van der Waals surface area contributed by atoms with Gasteiger partial charge in [0.15, 0.2) is 6.79 Å². The molecule has 0 heterocycles. The van der Waals surface area contributed by atoms with Gasteiger partial charge >= 0.3 is 7.60 Å². The first-order chi connectivity index (χ1) is 17.8. The van der Waals surface area contributed by atoms with Crippen LogP contribution in [-0.4, -0.2) is 46.7 Å². The molecule has 0 aliphatic heterocycles. The summed E-state index contributed by atoms with van der Waals surface area (Å²) >= 11 is 0. The SMILES string of the molecule is O=P(O)(OCOc1ccc(CC2(NC[C@H](O)COc3ccc(O)cc3)CCCC2)cc1)c1ccccc1. The van der Waals surface area contributed by atoms with Gasteiger partial charge in [-0.3, -0.25) is 9.09 Å². The van der Waals surface area contributed by atoms with Crippen molar-refractivity contribution in [3.63, 3.8) is 0 Å². The molecule has 198 valence electrons. The van der Waals surface area contributed by atoms with Crippen LogP contribution in [0.1, 0.15) is 31.2 Å². The number of benzene rings is 3. The molecule has 1 unspecified atom stereocenters. The third-order valence-corrected chi connectivity index (χ3v) is 7.96. The van der Waals surface area contributed by atoms with E-state index in [-0.39, 0.29) is 30.0 Å². The number of aliphatic hydroxyl groups excluding tert-OH is 1. The van der Waals surface area contributed by atoms with Crippen molar-refractivity contribution < 1.29 is 33.7 Å². The van der Waals surface area contributed by atoms with Crippen molar-refractivity contribution in [1.82, 2.24) is 5.32 Å². The average molecular weight is 528 g/mol. The summed E-state index contributed by atoms with van der Waals surface area (Å²) in [4.78, 5) is 10.1. The van der Waals surface area contributed by atoms with Crippen LogP contribution in [-0.2, 0) is 15.5 Å². The van der Waals surface area contributed by atoms with Gasteiger partial charge in [-0.1, -0.05) is 43.2 Å². The van der Waals surface area contributed by atoms with Gasteiger partial charge in [0.1, 0.15) is 30.0 Å². The first-order valence-electron chi connectivity index (χ1n) is 12.4. The zero-order valence-electron chi connectivity index (χ0n) is 20.7. The Balaban J connectivity index is 1.25. The van der Waals surface area contributed by atoms with E-state index in [4.69, 9.17) is 14.0 Å². The zero-order chi connectivity index (χ0) is 26.1. The Bertz CT molecular complexity index is 1150. The highest BCUT2D eigenvalue weighted by Gasteiger charge is 2.34. The van der Waals surface area contributed by atoms with Gasteiger partial charge in [-0.25, -0.2) is 0 Å². The maximum Gasteiger partial charge on any atom is 0.361 e. The Morgan fingerprint density at radius 3 is 2.19 bits per heavy atom. The number of aliphatic hydroxyl groups is 1. The van der Waals surface area contributed by atoms with E-state index >= 15 is 0 Å². The Morgan fingerprint density at radius 2 is 1.51 bits per heavy atom. The third-order valence-electron chi connectivity index (χ3n) is 6.55. The van der Waals surface area contributed by atoms with Crippen LogP contribution in [0.3, 0.4) is 0 Å². The van der Waals surface area contributed by atoms with E-state index in [2.05, 4.69) is 5.32 Å². The topological polar surface area (TPSA) is 117 Å². The first kappa shape index (κ1) is 27.2. The summed E-state index contributed by atoms with van der Waals surface area (Å²) in [6.07, 6.45) is 4.46. The second-order valence-electron chi connectivity index (χ2n) is 9.40. The van der Waals surface area contributed by atoms with Gasteiger partial charge in [-0.05, 0) is 73.4 Å². The number of phenols is 1. The fourth-order valence-electron chi connectivity index (χ4n) is 4.55. The van der Waals surface area contributed by atoms with Crippen LogP contribution >= 0.6 is 7.60 Å². The van der Waals surface area contributed by atoms with Gasteiger partial charge in [0, 0.05) is 12.1 Å². The second kappa shape index (κ2) is 12.6. The molecular weight excluding hydrogens is 493 g/mol. The van der Waals surface area contributed by atoms with Gasteiger partial charge in [-0.15, -0.1) is 0 Å². The maximum atomic E-state index is 12.3. The fourth-order valence-corrected chi connectivity index (χ4v) is 5.44. The van der Waals surface area contributed by atoms with Crippen LogP contribution in [0.4, 0.5) is 0 Å². The highest BCUT2D eigenvalue weighted by atomic mass is 31.2. The lowest BCUT2D eigenvalue weighted by molar-refractivity contribution is 0.0963. The number of nitrogens with one attached hydrogen (secondary N) is 1. The molecule has 0 amide bonds. The molecule has 2 atom stereocenters. The van der Waals surface area contributed by atoms with E-state index in [1.54, 1.807) is 54.6 Å². The van der Waals surface area contributed by atoms with E-state index in [0.717, 1.165) is 37.7 Å². The molecule has 1 saturated carbocycles. The molecule has 4 N–H and O–H groups in total. The quantitative estimate of drug-likeness (QED) is 0.194. The van der Waals surface area contributed by atoms with Crippen LogP contribution in [0, 0.1) is 0 Å². The van der Waals surface area contributed by atoms with Gasteiger partial charge in [-0.2, -0.15) is 0 Å². The Labute approximate surface area is 217 Å². The van der Waals surface area contributed by atoms with Crippen molar-refractivity contribution in [1.29, 1.82) is 0 Å². The van der Waals surface area contributed by atoms with E-state index in [0.29, 0.717) is 18.0 Å². The Hall–Kier alpha value is -2.87. The molecule has 8 nitrogen and oxygen atoms in total. The molecule has 0 spiro atoms. The molecule has 1 aliphatic carbocycles. The number of ether oxygens (including phenoxy) is 2. The van der Waals surface area contributed by atoms with E-state index < -0.39 is 13.7 Å². The summed E-state index contributed by atoms with van der Waals surface area (Å²) in [6, 6.07) is 22.3. The molecule has 0 saturated heterocycles. The molecule has 4 rings (SSSR count). The number of hydrogen-bond donors (Lipinski definition) is 4. The van der Waals surface area contributed by atoms with Crippen molar-refractivity contribution in [2.24, 2.45) is 0 Å². The van der Waals surface area contributed by atoms with Crippen LogP contribution in [0.25, 0.3) is 0 Å². The molecule has 0 aromatic heterocycles. The second-order valence-corrected chi connectivity index (χ2v) is 11.2. The van der Waals surface area contributed by atoms with Crippen molar-refractivity contribution in [2.75, 3.05) is 19.9 Å². The van der Waals surface area contributed by atoms with Gasteiger partial charge < -0.3 is 29.9 Å². The van der Waals surface area contributed by atoms with Crippen LogP contribution in [0.5, 0.6) is 17.2 Å². The molecule has 3 aromatic rings. The molecule has 9 heteroatoms. The minimum atomic E-state index is -3.93. The standard InChI is InChI=1S/C28H34NO7P/c30-23-10-14-25(15-11-23)34-20-24(31)19-29-28(16-4-5-17-28)18-22-8-12-26(13-9-22)35-21-36-37(32,33)27-6-2-1-3-7-27/h1-3,6-15,24,29-31H,4-5,16-21H2,(H,32,33)/t24-/m0/s1. The Kier molecular flexibility index (Phi) is 9.24. The van der Waals surface area contributed by atoms with Crippen molar-refractivity contribution in [2.45, 2.75) is 43.7 Å². The van der Waals surface area contributed by atoms with E-state index in [9.17, 15) is 19.7 Å². The number of rotatable bonds is 13. The van der Waals surface area contributed by atoms with Crippen molar-refractivity contribution in [3.8, 4) is 17.2 Å². The summed E-state index contributed by atoms with van der Waals surface area (Å²) in [5.41, 5.74) is 1.04. The van der Waals surface area contributed by atoms with E-state index in [1.165, 1.54) is 0 Å². The predicted octanol–water partition coefficient (Wildman–Crippen LogP) is 4.14. The summed E-state index contributed by atoms with van der Waals surface area (Å²) in [7, 11) is -3.93. The van der Waals surface area contributed by atoms with Gasteiger partial charge in [0.2, 0.25) is 0 Å². The first-order valence-corrected chi connectivity index (χ1v) is 14.0.